The van der Waals surface area contributed by atoms with Gasteiger partial charge in [0.05, 0.1) is 19.0 Å². The highest BCUT2D eigenvalue weighted by molar-refractivity contribution is 7.16. The van der Waals surface area contributed by atoms with Crippen molar-refractivity contribution in [3.63, 3.8) is 0 Å². The zero-order valence-corrected chi connectivity index (χ0v) is 19.1. The molecule has 168 valence electrons. The molecule has 1 aliphatic rings. The zero-order valence-electron chi connectivity index (χ0n) is 18.3. The number of ether oxygens (including phenoxy) is 3. The molecule has 0 aliphatic carbocycles. The first-order valence-electron chi connectivity index (χ1n) is 10.2. The van der Waals surface area contributed by atoms with Gasteiger partial charge in [-0.15, -0.1) is 11.3 Å². The van der Waals surface area contributed by atoms with Crippen molar-refractivity contribution in [2.24, 2.45) is 0 Å². The molecular weight excluding hydrogens is 432 g/mol. The van der Waals surface area contributed by atoms with Gasteiger partial charge in [0.15, 0.2) is 5.82 Å². The van der Waals surface area contributed by atoms with Crippen LogP contribution in [0, 0.1) is 0 Å². The summed E-state index contributed by atoms with van der Waals surface area (Å²) in [7, 11) is 1.29. The number of carbonyl (C=O) groups excluding carboxylic acids is 2. The first kappa shape index (κ1) is 21.9. The van der Waals surface area contributed by atoms with Gasteiger partial charge in [-0.1, -0.05) is 6.07 Å². The van der Waals surface area contributed by atoms with Crippen LogP contribution in [-0.2, 0) is 14.3 Å². The van der Waals surface area contributed by atoms with E-state index in [2.05, 4.69) is 15.0 Å². The number of likely N-dealkylation sites (tertiary alicyclic amines) is 1. The molecule has 1 unspecified atom stereocenters. The Morgan fingerprint density at radius 1 is 1.19 bits per heavy atom. The molecule has 0 spiro atoms. The van der Waals surface area contributed by atoms with E-state index in [1.165, 1.54) is 23.3 Å². The van der Waals surface area contributed by atoms with E-state index in [0.29, 0.717) is 17.4 Å². The van der Waals surface area contributed by atoms with E-state index in [-0.39, 0.29) is 13.0 Å². The Balaban J connectivity index is 1.62. The number of aromatic nitrogens is 3. The maximum absolute atomic E-state index is 12.7. The summed E-state index contributed by atoms with van der Waals surface area (Å²) < 4.78 is 16.6. The summed E-state index contributed by atoms with van der Waals surface area (Å²) in [6.45, 7) is 5.49. The minimum Gasteiger partial charge on any atom is -0.472 e. The molecule has 3 aromatic rings. The third-order valence-electron chi connectivity index (χ3n) is 4.83. The average Bonchev–Trinajstić information content (AvgIpc) is 3.40. The van der Waals surface area contributed by atoms with E-state index in [4.69, 9.17) is 14.2 Å². The molecule has 1 fully saturated rings. The van der Waals surface area contributed by atoms with Crippen molar-refractivity contribution < 1.29 is 23.8 Å². The number of nitrogens with zero attached hydrogens (tertiary/aromatic N) is 4. The molecule has 0 bridgehead atoms. The fourth-order valence-electron chi connectivity index (χ4n) is 3.45. The standard InChI is InChI=1S/C22H24N4O5S/c1-22(2,3)31-21(28)26-12-13(11-16(26)20(27)29-4)30-18-14-8-10-32-19(14)25-17(24-18)15-7-5-6-9-23-15/h5-10,13,16H,11-12H2,1-4H3/t13-,16?/m1/s1. The highest BCUT2D eigenvalue weighted by Gasteiger charge is 2.43. The molecule has 1 saturated heterocycles. The van der Waals surface area contributed by atoms with E-state index >= 15 is 0 Å². The Kier molecular flexibility index (Phi) is 5.96. The number of fused-ring (bicyclic) bond motifs is 1. The van der Waals surface area contributed by atoms with Crippen LogP contribution in [0.3, 0.4) is 0 Å². The van der Waals surface area contributed by atoms with Crippen LogP contribution < -0.4 is 4.74 Å². The van der Waals surface area contributed by atoms with Crippen molar-refractivity contribution in [3.05, 3.63) is 35.8 Å². The van der Waals surface area contributed by atoms with Gasteiger partial charge in [0.1, 0.15) is 28.3 Å². The minimum atomic E-state index is -0.796. The summed E-state index contributed by atoms with van der Waals surface area (Å²) in [6.07, 6.45) is 0.882. The van der Waals surface area contributed by atoms with Crippen molar-refractivity contribution >= 4 is 33.6 Å². The van der Waals surface area contributed by atoms with Crippen molar-refractivity contribution in [2.75, 3.05) is 13.7 Å². The van der Waals surface area contributed by atoms with Gasteiger partial charge in [-0.25, -0.2) is 14.6 Å². The number of esters is 1. The fraction of sp³-hybridized carbons (Fsp3) is 0.409. The number of amides is 1. The van der Waals surface area contributed by atoms with Crippen LogP contribution in [0.2, 0.25) is 0 Å². The van der Waals surface area contributed by atoms with Crippen molar-refractivity contribution in [1.82, 2.24) is 19.9 Å². The Bertz CT molecular complexity index is 1130. The van der Waals surface area contributed by atoms with Crippen LogP contribution in [0.5, 0.6) is 5.88 Å². The molecule has 0 N–H and O–H groups in total. The van der Waals surface area contributed by atoms with Gasteiger partial charge in [-0.05, 0) is 44.4 Å². The summed E-state index contributed by atoms with van der Waals surface area (Å²) in [5.74, 6) is 0.318. The van der Waals surface area contributed by atoms with Gasteiger partial charge in [-0.3, -0.25) is 9.88 Å². The van der Waals surface area contributed by atoms with Gasteiger partial charge in [-0.2, -0.15) is 4.98 Å². The third kappa shape index (κ3) is 4.64. The number of pyridine rings is 1. The summed E-state index contributed by atoms with van der Waals surface area (Å²) in [5.41, 5.74) is -0.0639. The molecule has 0 radical (unpaired) electrons. The largest absolute Gasteiger partial charge is 0.472 e. The molecule has 3 aromatic heterocycles. The Labute approximate surface area is 189 Å². The lowest BCUT2D eigenvalue weighted by Gasteiger charge is -2.27. The van der Waals surface area contributed by atoms with Crippen LogP contribution >= 0.6 is 11.3 Å². The van der Waals surface area contributed by atoms with Crippen LogP contribution in [0.4, 0.5) is 4.79 Å². The van der Waals surface area contributed by atoms with Gasteiger partial charge in [0.2, 0.25) is 5.88 Å². The lowest BCUT2D eigenvalue weighted by atomic mass is 10.2. The Hall–Kier alpha value is -3.27. The lowest BCUT2D eigenvalue weighted by Crippen LogP contribution is -2.44. The first-order chi connectivity index (χ1) is 15.2. The van der Waals surface area contributed by atoms with Gasteiger partial charge in [0.25, 0.3) is 0 Å². The summed E-state index contributed by atoms with van der Waals surface area (Å²) in [5, 5.41) is 2.67. The maximum atomic E-state index is 12.7. The van der Waals surface area contributed by atoms with Gasteiger partial charge >= 0.3 is 12.1 Å². The average molecular weight is 457 g/mol. The van der Waals surface area contributed by atoms with Crippen LogP contribution in [0.25, 0.3) is 21.7 Å². The number of hydrogen-bond acceptors (Lipinski definition) is 9. The number of thiophene rings is 1. The van der Waals surface area contributed by atoms with Crippen molar-refractivity contribution in [3.8, 4) is 17.4 Å². The Morgan fingerprint density at radius 3 is 2.69 bits per heavy atom. The van der Waals surface area contributed by atoms with E-state index in [0.717, 1.165) is 10.2 Å². The maximum Gasteiger partial charge on any atom is 0.411 e. The number of methoxy groups -OCH3 is 1. The molecule has 2 atom stereocenters. The monoisotopic (exact) mass is 456 g/mol. The second-order valence-electron chi connectivity index (χ2n) is 8.35. The second-order valence-corrected chi connectivity index (χ2v) is 9.25. The lowest BCUT2D eigenvalue weighted by molar-refractivity contribution is -0.145. The minimum absolute atomic E-state index is 0.170. The first-order valence-corrected chi connectivity index (χ1v) is 11.0. The number of hydrogen-bond donors (Lipinski definition) is 0. The van der Waals surface area contributed by atoms with E-state index < -0.39 is 29.8 Å². The predicted molar refractivity (Wildman–Crippen MR) is 118 cm³/mol. The van der Waals surface area contributed by atoms with Gasteiger partial charge < -0.3 is 14.2 Å². The molecule has 32 heavy (non-hydrogen) atoms. The van der Waals surface area contributed by atoms with Crippen LogP contribution in [-0.4, -0.2) is 63.3 Å². The highest BCUT2D eigenvalue weighted by atomic mass is 32.1. The van der Waals surface area contributed by atoms with E-state index in [1.54, 1.807) is 27.0 Å². The fourth-order valence-corrected chi connectivity index (χ4v) is 4.20. The van der Waals surface area contributed by atoms with Crippen LogP contribution in [0.1, 0.15) is 27.2 Å². The second kappa shape index (κ2) is 8.70. The van der Waals surface area contributed by atoms with Crippen molar-refractivity contribution in [2.45, 2.75) is 44.9 Å². The molecule has 4 heterocycles. The molecule has 9 nitrogen and oxygen atoms in total. The molecule has 1 amide bonds. The SMILES string of the molecule is COC(=O)C1C[C@@H](Oc2nc(-c3ccccn3)nc3sccc23)CN1C(=O)OC(C)(C)C. The van der Waals surface area contributed by atoms with Crippen LogP contribution in [0.15, 0.2) is 35.8 Å². The van der Waals surface area contributed by atoms with E-state index in [9.17, 15) is 9.59 Å². The molecule has 0 saturated carbocycles. The molecule has 0 aromatic carbocycles. The summed E-state index contributed by atoms with van der Waals surface area (Å²) >= 11 is 1.47. The number of carbonyl (C=O) groups is 2. The predicted octanol–water partition coefficient (Wildman–Crippen LogP) is 3.68. The topological polar surface area (TPSA) is 104 Å². The number of rotatable bonds is 4. The molecule has 1 aliphatic heterocycles. The molecule has 4 rings (SSSR count). The Morgan fingerprint density at radius 2 is 2.00 bits per heavy atom. The normalized spacial score (nSPS) is 18.6. The smallest absolute Gasteiger partial charge is 0.411 e. The molecule has 10 heteroatoms. The van der Waals surface area contributed by atoms with E-state index in [1.807, 2.05) is 29.6 Å². The third-order valence-corrected chi connectivity index (χ3v) is 5.63. The van der Waals surface area contributed by atoms with Gasteiger partial charge in [0, 0.05) is 12.6 Å². The highest BCUT2D eigenvalue weighted by Crippen LogP contribution is 2.32. The van der Waals surface area contributed by atoms with Crippen molar-refractivity contribution in [1.29, 1.82) is 0 Å². The summed E-state index contributed by atoms with van der Waals surface area (Å²) in [6, 6.07) is 6.60. The quantitative estimate of drug-likeness (QED) is 0.548. The molecular formula is C22H24N4O5S. The zero-order chi connectivity index (χ0) is 22.9. The summed E-state index contributed by atoms with van der Waals surface area (Å²) in [4.78, 5) is 40.7.